The van der Waals surface area contributed by atoms with E-state index in [0.717, 1.165) is 24.3 Å². The van der Waals surface area contributed by atoms with Crippen LogP contribution < -0.4 is 21.1 Å². The fraction of sp³-hybridized carbons (Fsp3) is 0.619. The van der Waals surface area contributed by atoms with Gasteiger partial charge >= 0.3 is 0 Å². The van der Waals surface area contributed by atoms with Crippen LogP contribution in [0.3, 0.4) is 0 Å². The van der Waals surface area contributed by atoms with Crippen molar-refractivity contribution in [1.82, 2.24) is 10.6 Å². The first-order chi connectivity index (χ1) is 14.1. The van der Waals surface area contributed by atoms with Crippen molar-refractivity contribution in [2.75, 3.05) is 46.6 Å². The number of nitrogens with two attached hydrogens (primary N) is 1. The maximum atomic E-state index is 12.1. The summed E-state index contributed by atoms with van der Waals surface area (Å²) < 4.78 is 16.0. The average molecular weight is 407 g/mol. The molecule has 1 fully saturated rings. The lowest BCUT2D eigenvalue weighted by atomic mass is 9.79. The van der Waals surface area contributed by atoms with Crippen molar-refractivity contribution in [3.05, 3.63) is 29.8 Å². The zero-order valence-corrected chi connectivity index (χ0v) is 17.5. The number of primary amides is 1. The number of hydrogen-bond acceptors (Lipinski definition) is 5. The summed E-state index contributed by atoms with van der Waals surface area (Å²) in [4.78, 5) is 16.8. The van der Waals surface area contributed by atoms with Gasteiger partial charge in [0.25, 0.3) is 0 Å². The van der Waals surface area contributed by atoms with E-state index >= 15 is 0 Å². The summed E-state index contributed by atoms with van der Waals surface area (Å²) in [6, 6.07) is 7.80. The number of amides is 1. The first-order valence-electron chi connectivity index (χ1n) is 10.2. The van der Waals surface area contributed by atoms with Gasteiger partial charge in [-0.2, -0.15) is 0 Å². The molecule has 1 aliphatic rings. The van der Waals surface area contributed by atoms with E-state index in [1.54, 1.807) is 7.11 Å². The van der Waals surface area contributed by atoms with Crippen LogP contribution in [0.2, 0.25) is 0 Å². The molecule has 0 spiro atoms. The Morgan fingerprint density at radius 2 is 1.97 bits per heavy atom. The molecule has 1 saturated heterocycles. The Morgan fingerprint density at radius 1 is 1.24 bits per heavy atom. The second kappa shape index (κ2) is 12.3. The molecule has 1 aromatic carbocycles. The summed E-state index contributed by atoms with van der Waals surface area (Å²) in [6.45, 7) is 6.14. The molecule has 1 aliphatic heterocycles. The zero-order chi connectivity index (χ0) is 21.0. The van der Waals surface area contributed by atoms with Crippen molar-refractivity contribution in [3.63, 3.8) is 0 Å². The van der Waals surface area contributed by atoms with Gasteiger partial charge in [-0.1, -0.05) is 12.1 Å². The van der Waals surface area contributed by atoms with Gasteiger partial charge in [0.05, 0.1) is 19.1 Å². The molecule has 1 heterocycles. The summed E-state index contributed by atoms with van der Waals surface area (Å²) in [5, 5.41) is 6.63. The van der Waals surface area contributed by atoms with Gasteiger partial charge in [0.15, 0.2) is 5.96 Å². The Hall–Kier alpha value is -2.32. The fourth-order valence-corrected chi connectivity index (χ4v) is 3.13. The second-order valence-electron chi connectivity index (χ2n) is 7.10. The lowest BCUT2D eigenvalue weighted by molar-refractivity contribution is -0.132. The van der Waals surface area contributed by atoms with Crippen molar-refractivity contribution in [2.45, 2.75) is 32.7 Å². The highest BCUT2D eigenvalue weighted by atomic mass is 16.5. The van der Waals surface area contributed by atoms with Crippen LogP contribution in [0.1, 0.15) is 31.7 Å². The number of aliphatic imine (C=N–C) groups is 1. The van der Waals surface area contributed by atoms with Gasteiger partial charge in [0.2, 0.25) is 5.91 Å². The van der Waals surface area contributed by atoms with Gasteiger partial charge in [-0.05, 0) is 43.9 Å². The van der Waals surface area contributed by atoms with Gasteiger partial charge in [0.1, 0.15) is 5.75 Å². The number of nitrogens with zero attached hydrogens (tertiary/aromatic N) is 1. The number of ether oxygens (including phenoxy) is 3. The van der Waals surface area contributed by atoms with Crippen LogP contribution in [0.15, 0.2) is 29.3 Å². The minimum atomic E-state index is -0.605. The van der Waals surface area contributed by atoms with Gasteiger partial charge in [-0.15, -0.1) is 0 Å². The molecule has 29 heavy (non-hydrogen) atoms. The third-order valence-electron chi connectivity index (χ3n) is 5.11. The van der Waals surface area contributed by atoms with Crippen LogP contribution in [-0.4, -0.2) is 58.5 Å². The van der Waals surface area contributed by atoms with Crippen LogP contribution in [0, 0.1) is 5.41 Å². The maximum absolute atomic E-state index is 12.1. The van der Waals surface area contributed by atoms with Crippen LogP contribution in [-0.2, 0) is 20.8 Å². The molecule has 4 N–H and O–H groups in total. The Morgan fingerprint density at radius 3 is 2.59 bits per heavy atom. The Bertz CT molecular complexity index is 643. The summed E-state index contributed by atoms with van der Waals surface area (Å²) in [5.41, 5.74) is 6.17. The molecule has 162 valence electrons. The van der Waals surface area contributed by atoms with Crippen molar-refractivity contribution in [2.24, 2.45) is 16.1 Å². The molecule has 8 heteroatoms. The van der Waals surface area contributed by atoms with Crippen LogP contribution in [0.5, 0.6) is 5.75 Å². The fourth-order valence-electron chi connectivity index (χ4n) is 3.13. The molecule has 0 aromatic heterocycles. The number of methoxy groups -OCH3 is 1. The Labute approximate surface area is 173 Å². The lowest BCUT2D eigenvalue weighted by Gasteiger charge is -2.34. The molecule has 0 radical (unpaired) electrons. The molecule has 0 aliphatic carbocycles. The van der Waals surface area contributed by atoms with E-state index in [4.69, 9.17) is 19.9 Å². The molecule has 0 bridgehead atoms. The largest absolute Gasteiger partial charge is 0.497 e. The van der Waals surface area contributed by atoms with E-state index in [0.29, 0.717) is 58.3 Å². The van der Waals surface area contributed by atoms with E-state index in [9.17, 15) is 4.79 Å². The topological polar surface area (TPSA) is 107 Å². The van der Waals surface area contributed by atoms with E-state index in [2.05, 4.69) is 15.6 Å². The standard InChI is InChI=1S/C21H34N4O4/c1-3-28-12-4-11-23-20(24-15-17-5-7-18(27-2)8-6-17)25-16-21(19(22)26)9-13-29-14-10-21/h5-8H,3-4,9-16H2,1-2H3,(H2,22,26)(H2,23,24,25). The van der Waals surface area contributed by atoms with E-state index in [1.165, 1.54) is 0 Å². The summed E-state index contributed by atoms with van der Waals surface area (Å²) in [7, 11) is 1.65. The Kier molecular flexibility index (Phi) is 9.73. The Balaban J connectivity index is 1.99. The number of carbonyl (C=O) groups is 1. The van der Waals surface area contributed by atoms with Crippen molar-refractivity contribution in [3.8, 4) is 5.75 Å². The molecule has 0 saturated carbocycles. The molecule has 1 aromatic rings. The smallest absolute Gasteiger partial charge is 0.225 e. The predicted octanol–water partition coefficient (Wildman–Crippen LogP) is 1.44. The first kappa shape index (κ1) is 23.0. The lowest BCUT2D eigenvalue weighted by Crippen LogP contribution is -2.51. The van der Waals surface area contributed by atoms with Crippen molar-refractivity contribution < 1.29 is 19.0 Å². The molecule has 1 amide bonds. The quantitative estimate of drug-likeness (QED) is 0.292. The van der Waals surface area contributed by atoms with Gasteiger partial charge in [0, 0.05) is 39.5 Å². The van der Waals surface area contributed by atoms with Gasteiger partial charge in [-0.3, -0.25) is 4.79 Å². The molecule has 0 unspecified atom stereocenters. The third kappa shape index (κ3) is 7.55. The van der Waals surface area contributed by atoms with E-state index < -0.39 is 5.41 Å². The van der Waals surface area contributed by atoms with E-state index in [1.807, 2.05) is 31.2 Å². The third-order valence-corrected chi connectivity index (χ3v) is 5.11. The van der Waals surface area contributed by atoms with Crippen LogP contribution in [0.4, 0.5) is 0 Å². The minimum Gasteiger partial charge on any atom is -0.497 e. The predicted molar refractivity (Wildman–Crippen MR) is 113 cm³/mol. The SMILES string of the molecule is CCOCCCNC(=NCc1ccc(OC)cc1)NCC1(C(N)=O)CCOCC1. The summed E-state index contributed by atoms with van der Waals surface area (Å²) in [6.07, 6.45) is 2.10. The van der Waals surface area contributed by atoms with Gasteiger partial charge in [-0.25, -0.2) is 4.99 Å². The highest BCUT2D eigenvalue weighted by Gasteiger charge is 2.38. The number of nitrogens with one attached hydrogen (secondary N) is 2. The molecule has 2 rings (SSSR count). The van der Waals surface area contributed by atoms with E-state index in [-0.39, 0.29) is 5.91 Å². The zero-order valence-electron chi connectivity index (χ0n) is 17.5. The van der Waals surface area contributed by atoms with Crippen molar-refractivity contribution in [1.29, 1.82) is 0 Å². The highest BCUT2D eigenvalue weighted by molar-refractivity contribution is 5.84. The summed E-state index contributed by atoms with van der Waals surface area (Å²) >= 11 is 0. The number of hydrogen-bond donors (Lipinski definition) is 3. The molecular weight excluding hydrogens is 372 g/mol. The van der Waals surface area contributed by atoms with Crippen LogP contribution in [0.25, 0.3) is 0 Å². The minimum absolute atomic E-state index is 0.292. The molecular formula is C21H34N4O4. The molecule has 0 atom stereocenters. The van der Waals surface area contributed by atoms with Crippen molar-refractivity contribution >= 4 is 11.9 Å². The number of guanidine groups is 1. The van der Waals surface area contributed by atoms with Gasteiger partial charge < -0.3 is 30.6 Å². The average Bonchev–Trinajstić information content (AvgIpc) is 2.75. The second-order valence-corrected chi connectivity index (χ2v) is 7.10. The monoisotopic (exact) mass is 406 g/mol. The molecule has 8 nitrogen and oxygen atoms in total. The number of benzene rings is 1. The first-order valence-corrected chi connectivity index (χ1v) is 10.2. The number of carbonyl (C=O) groups excluding carboxylic acids is 1. The maximum Gasteiger partial charge on any atom is 0.225 e. The summed E-state index contributed by atoms with van der Waals surface area (Å²) in [5.74, 6) is 1.18. The van der Waals surface area contributed by atoms with Crippen LogP contribution >= 0.6 is 0 Å². The number of rotatable bonds is 11. The highest BCUT2D eigenvalue weighted by Crippen LogP contribution is 2.29. The normalized spacial score (nSPS) is 16.3.